The van der Waals surface area contributed by atoms with Crippen LogP contribution in [0.1, 0.15) is 54.9 Å². The smallest absolute Gasteiger partial charge is 0.279 e. The van der Waals surface area contributed by atoms with E-state index in [0.717, 1.165) is 36.1 Å². The van der Waals surface area contributed by atoms with Gasteiger partial charge in [-0.1, -0.05) is 17.9 Å². The third kappa shape index (κ3) is 7.92. The summed E-state index contributed by atoms with van der Waals surface area (Å²) in [5, 5.41) is 2.45. The molecular weight excluding hydrogens is 450 g/mol. The number of carbonyl (C=O) groups is 3. The summed E-state index contributed by atoms with van der Waals surface area (Å²) in [6.45, 7) is 2.62. The first-order valence-corrected chi connectivity index (χ1v) is 11.7. The number of rotatable bonds is 10. The molecule has 0 spiro atoms. The van der Waals surface area contributed by atoms with Crippen LogP contribution in [0, 0.1) is 11.8 Å². The predicted molar refractivity (Wildman–Crippen MR) is 131 cm³/mol. The van der Waals surface area contributed by atoms with Gasteiger partial charge in [-0.05, 0) is 62.9 Å². The van der Waals surface area contributed by atoms with Crippen LogP contribution < -0.4 is 10.8 Å². The Labute approximate surface area is 207 Å². The molecule has 9 heteroatoms. The molecule has 0 aromatic heterocycles. The lowest BCUT2D eigenvalue weighted by Gasteiger charge is -2.36. The van der Waals surface area contributed by atoms with E-state index in [1.807, 2.05) is 6.08 Å². The first-order valence-electron chi connectivity index (χ1n) is 11.7. The lowest BCUT2D eigenvalue weighted by Crippen LogP contribution is -2.65. The highest BCUT2D eigenvalue weighted by atomic mass is 16.8. The molecule has 2 rings (SSSR count). The van der Waals surface area contributed by atoms with E-state index in [-0.39, 0.29) is 0 Å². The van der Waals surface area contributed by atoms with Gasteiger partial charge in [-0.15, -0.1) is 0 Å². The van der Waals surface area contributed by atoms with E-state index in [1.165, 1.54) is 21.0 Å². The number of amides is 3. The van der Waals surface area contributed by atoms with Crippen LogP contribution in [0.2, 0.25) is 0 Å². The van der Waals surface area contributed by atoms with Crippen LogP contribution in [0.15, 0.2) is 36.4 Å². The standard InChI is InChI=1S/C26H35N3O6/c1-26(24(31)27-2,25(32)28-35-22-13-9-11-19-34-22)29(3)23(30)21-16-14-20(15-17-21)12-8-6-5-7-10-18-33-4/h5-6,14-17,22H,7,9-11,13,18-19H2,1-4H3,(H,27,31)(H,28,32)/t22?,26-/m0/s1. The molecular formula is C26H35N3O6. The van der Waals surface area contributed by atoms with E-state index >= 15 is 0 Å². The molecule has 0 saturated carbocycles. The number of nitrogens with one attached hydrogen (secondary N) is 2. The highest BCUT2D eigenvalue weighted by Crippen LogP contribution is 2.19. The van der Waals surface area contributed by atoms with Crippen molar-refractivity contribution < 1.29 is 28.7 Å². The molecule has 1 heterocycles. The topological polar surface area (TPSA) is 106 Å². The van der Waals surface area contributed by atoms with Crippen LogP contribution in [0.3, 0.4) is 0 Å². The summed E-state index contributed by atoms with van der Waals surface area (Å²) in [7, 11) is 4.47. The molecule has 0 radical (unpaired) electrons. The summed E-state index contributed by atoms with van der Waals surface area (Å²) in [6, 6.07) is 6.65. The number of carbonyl (C=O) groups excluding carboxylic acids is 3. The van der Waals surface area contributed by atoms with Crippen molar-refractivity contribution in [1.82, 2.24) is 15.7 Å². The summed E-state index contributed by atoms with van der Waals surface area (Å²) in [6.07, 6.45) is 7.48. The minimum Gasteiger partial charge on any atom is -0.385 e. The maximum atomic E-state index is 13.2. The van der Waals surface area contributed by atoms with E-state index in [0.29, 0.717) is 25.2 Å². The van der Waals surface area contributed by atoms with Crippen LogP contribution in [-0.4, -0.2) is 68.9 Å². The fourth-order valence-corrected chi connectivity index (χ4v) is 3.38. The van der Waals surface area contributed by atoms with Crippen molar-refractivity contribution >= 4 is 17.7 Å². The molecule has 2 atom stereocenters. The SMILES string of the molecule is CNC(=O)[C@@](C)(C(=O)NOC1CCCCO1)N(C)C(=O)c1ccc(C#CC=CCCCOC)cc1. The molecule has 2 N–H and O–H groups in total. The number of unbranched alkanes of at least 4 members (excludes halogenated alkanes) is 1. The summed E-state index contributed by atoms with van der Waals surface area (Å²) in [4.78, 5) is 45.3. The van der Waals surface area contributed by atoms with Crippen molar-refractivity contribution in [3.05, 3.63) is 47.5 Å². The van der Waals surface area contributed by atoms with Crippen molar-refractivity contribution in [1.29, 1.82) is 0 Å². The van der Waals surface area contributed by atoms with E-state index in [4.69, 9.17) is 14.3 Å². The van der Waals surface area contributed by atoms with Gasteiger partial charge < -0.3 is 19.7 Å². The highest BCUT2D eigenvalue weighted by Gasteiger charge is 2.47. The van der Waals surface area contributed by atoms with E-state index in [1.54, 1.807) is 37.5 Å². The van der Waals surface area contributed by atoms with Gasteiger partial charge in [-0.2, -0.15) is 0 Å². The molecule has 35 heavy (non-hydrogen) atoms. The number of hydroxylamine groups is 1. The summed E-state index contributed by atoms with van der Waals surface area (Å²) in [5.41, 5.74) is 1.49. The zero-order valence-corrected chi connectivity index (χ0v) is 20.9. The predicted octanol–water partition coefficient (Wildman–Crippen LogP) is 2.17. The van der Waals surface area contributed by atoms with E-state index in [9.17, 15) is 14.4 Å². The molecule has 1 aliphatic rings. The maximum Gasteiger partial charge on any atom is 0.279 e. The molecule has 1 aromatic rings. The summed E-state index contributed by atoms with van der Waals surface area (Å²) in [5.74, 6) is 4.03. The van der Waals surface area contributed by atoms with Gasteiger partial charge in [0.05, 0.1) is 0 Å². The molecule has 1 aliphatic heterocycles. The van der Waals surface area contributed by atoms with Crippen LogP contribution in [0.4, 0.5) is 0 Å². The zero-order chi connectivity index (χ0) is 25.7. The Morgan fingerprint density at radius 3 is 2.60 bits per heavy atom. The first-order chi connectivity index (χ1) is 16.8. The molecule has 1 saturated heterocycles. The minimum absolute atomic E-state index is 0.313. The van der Waals surface area contributed by atoms with Crippen molar-refractivity contribution in [3.63, 3.8) is 0 Å². The Bertz CT molecular complexity index is 944. The third-order valence-corrected chi connectivity index (χ3v) is 5.78. The van der Waals surface area contributed by atoms with Gasteiger partial charge in [0.2, 0.25) is 0 Å². The first kappa shape index (κ1) is 28.1. The second kappa shape index (κ2) is 14.3. The number of likely N-dealkylation sites (N-methyl/N-ethyl adjacent to an activating group) is 2. The lowest BCUT2D eigenvalue weighted by atomic mass is 9.96. The fraction of sp³-hybridized carbons (Fsp3) is 0.500. The molecule has 0 bridgehead atoms. The Morgan fingerprint density at radius 1 is 1.23 bits per heavy atom. The highest BCUT2D eigenvalue weighted by molar-refractivity contribution is 6.12. The molecule has 0 aliphatic carbocycles. The Morgan fingerprint density at radius 2 is 1.97 bits per heavy atom. The third-order valence-electron chi connectivity index (χ3n) is 5.78. The van der Waals surface area contributed by atoms with Crippen LogP contribution >= 0.6 is 0 Å². The van der Waals surface area contributed by atoms with Gasteiger partial charge in [0.15, 0.2) is 11.8 Å². The van der Waals surface area contributed by atoms with Gasteiger partial charge in [-0.25, -0.2) is 10.3 Å². The quantitative estimate of drug-likeness (QED) is 0.228. The number of methoxy groups -OCH3 is 1. The Balaban J connectivity index is 2.07. The van der Waals surface area contributed by atoms with Crippen LogP contribution in [0.25, 0.3) is 0 Å². The van der Waals surface area contributed by atoms with Crippen molar-refractivity contribution in [2.24, 2.45) is 0 Å². The Kier molecular flexibility index (Phi) is 11.4. The summed E-state index contributed by atoms with van der Waals surface area (Å²) < 4.78 is 10.4. The van der Waals surface area contributed by atoms with E-state index in [2.05, 4.69) is 22.6 Å². The molecule has 190 valence electrons. The summed E-state index contributed by atoms with van der Waals surface area (Å²) >= 11 is 0. The number of ether oxygens (including phenoxy) is 2. The molecule has 9 nitrogen and oxygen atoms in total. The normalized spacial score (nSPS) is 17.1. The van der Waals surface area contributed by atoms with Gasteiger partial charge in [0.25, 0.3) is 17.7 Å². The monoisotopic (exact) mass is 485 g/mol. The molecule has 3 amide bonds. The minimum atomic E-state index is -1.85. The second-order valence-corrected chi connectivity index (χ2v) is 8.24. The average Bonchev–Trinajstić information content (AvgIpc) is 2.90. The molecule has 1 fully saturated rings. The van der Waals surface area contributed by atoms with E-state index < -0.39 is 29.6 Å². The van der Waals surface area contributed by atoms with Crippen molar-refractivity contribution in [2.75, 3.05) is 34.4 Å². The van der Waals surface area contributed by atoms with Gasteiger partial charge >= 0.3 is 0 Å². The number of hydrogen-bond acceptors (Lipinski definition) is 6. The van der Waals surface area contributed by atoms with Crippen molar-refractivity contribution in [2.45, 2.75) is 50.9 Å². The number of allylic oxidation sites excluding steroid dienone is 2. The van der Waals surface area contributed by atoms with Crippen molar-refractivity contribution in [3.8, 4) is 11.8 Å². The zero-order valence-electron chi connectivity index (χ0n) is 20.9. The van der Waals surface area contributed by atoms with Gasteiger partial charge in [0.1, 0.15) is 0 Å². The largest absolute Gasteiger partial charge is 0.385 e. The number of hydrogen-bond donors (Lipinski definition) is 2. The van der Waals surface area contributed by atoms with Crippen LogP contribution in [-0.2, 0) is 23.9 Å². The molecule has 1 unspecified atom stereocenters. The Hall–Kier alpha value is -3.19. The second-order valence-electron chi connectivity index (χ2n) is 8.24. The molecule has 1 aromatic carbocycles. The number of nitrogens with zero attached hydrogens (tertiary/aromatic N) is 1. The van der Waals surface area contributed by atoms with Gasteiger partial charge in [0, 0.05) is 52.0 Å². The van der Waals surface area contributed by atoms with Crippen LogP contribution in [0.5, 0.6) is 0 Å². The average molecular weight is 486 g/mol. The maximum absolute atomic E-state index is 13.2. The fourth-order valence-electron chi connectivity index (χ4n) is 3.38. The lowest BCUT2D eigenvalue weighted by molar-refractivity contribution is -0.204. The number of benzene rings is 1. The van der Waals surface area contributed by atoms with Gasteiger partial charge in [-0.3, -0.25) is 14.4 Å².